The molecule has 3 aliphatic rings. The first-order valence-electron chi connectivity index (χ1n) is 6.44. The maximum atomic E-state index is 11.8. The molecule has 15 heavy (non-hydrogen) atoms. The molecule has 0 radical (unpaired) electrons. The molecule has 1 saturated heterocycles. The minimum absolute atomic E-state index is 0.123. The van der Waals surface area contributed by atoms with E-state index < -0.39 is 0 Å². The fourth-order valence-electron chi connectivity index (χ4n) is 4.39. The molecule has 3 fully saturated rings. The van der Waals surface area contributed by atoms with Gasteiger partial charge < -0.3 is 4.74 Å². The number of carbonyl (C=O) groups excluding carboxylic acids is 1. The van der Waals surface area contributed by atoms with Crippen LogP contribution in [0.25, 0.3) is 0 Å². The van der Waals surface area contributed by atoms with E-state index in [1.165, 1.54) is 25.7 Å². The Kier molecular flexibility index (Phi) is 2.08. The molecule has 1 aliphatic heterocycles. The summed E-state index contributed by atoms with van der Waals surface area (Å²) < 4.78 is 5.52. The van der Waals surface area contributed by atoms with Crippen molar-refractivity contribution in [3.05, 3.63) is 0 Å². The Labute approximate surface area is 91.4 Å². The van der Waals surface area contributed by atoms with Gasteiger partial charge in [0.15, 0.2) is 0 Å². The Morgan fingerprint density at radius 3 is 2.93 bits per heavy atom. The third kappa shape index (κ3) is 1.14. The molecule has 1 heterocycles. The SMILES string of the molecule is CCCCC1C2C(=O)OC3C2C[C@@H]1C3C. The van der Waals surface area contributed by atoms with Crippen LogP contribution in [0.15, 0.2) is 0 Å². The molecule has 6 atom stereocenters. The summed E-state index contributed by atoms with van der Waals surface area (Å²) in [6.45, 7) is 4.51. The van der Waals surface area contributed by atoms with Crippen molar-refractivity contribution in [2.45, 2.75) is 45.6 Å². The number of hydrogen-bond acceptors (Lipinski definition) is 2. The van der Waals surface area contributed by atoms with E-state index in [0.717, 1.165) is 5.92 Å². The molecule has 0 N–H and O–H groups in total. The molecule has 3 rings (SSSR count). The minimum Gasteiger partial charge on any atom is -0.462 e. The molecule has 2 nitrogen and oxygen atoms in total. The van der Waals surface area contributed by atoms with Crippen LogP contribution in [0.5, 0.6) is 0 Å². The normalized spacial score (nSPS) is 51.2. The molecule has 2 heteroatoms. The summed E-state index contributed by atoms with van der Waals surface area (Å²) in [5.41, 5.74) is 0. The quantitative estimate of drug-likeness (QED) is 0.666. The first kappa shape index (κ1) is 9.68. The molecule has 84 valence electrons. The Bertz CT molecular complexity index is 286. The summed E-state index contributed by atoms with van der Waals surface area (Å²) in [4.78, 5) is 11.8. The van der Waals surface area contributed by atoms with Crippen molar-refractivity contribution in [2.24, 2.45) is 29.6 Å². The Morgan fingerprint density at radius 2 is 2.20 bits per heavy atom. The van der Waals surface area contributed by atoms with E-state index in [1.807, 2.05) is 0 Å². The predicted octanol–water partition coefficient (Wildman–Crippen LogP) is 2.62. The van der Waals surface area contributed by atoms with E-state index in [4.69, 9.17) is 4.74 Å². The van der Waals surface area contributed by atoms with Gasteiger partial charge in [-0.3, -0.25) is 4.79 Å². The average molecular weight is 208 g/mol. The predicted molar refractivity (Wildman–Crippen MR) is 57.1 cm³/mol. The summed E-state index contributed by atoms with van der Waals surface area (Å²) in [7, 11) is 0. The highest BCUT2D eigenvalue weighted by Crippen LogP contribution is 2.61. The maximum Gasteiger partial charge on any atom is 0.309 e. The highest BCUT2D eigenvalue weighted by molar-refractivity contribution is 5.77. The number of esters is 1. The van der Waals surface area contributed by atoms with E-state index in [1.54, 1.807) is 0 Å². The average Bonchev–Trinajstić information content (AvgIpc) is 2.79. The summed E-state index contributed by atoms with van der Waals surface area (Å²) in [5, 5.41) is 0. The van der Waals surface area contributed by atoms with E-state index >= 15 is 0 Å². The third-order valence-corrected chi connectivity index (χ3v) is 5.05. The van der Waals surface area contributed by atoms with Crippen molar-refractivity contribution in [1.82, 2.24) is 0 Å². The largest absolute Gasteiger partial charge is 0.462 e. The molecular formula is C13H20O2. The van der Waals surface area contributed by atoms with Gasteiger partial charge in [0, 0.05) is 5.92 Å². The smallest absolute Gasteiger partial charge is 0.309 e. The molecule has 2 bridgehead atoms. The minimum atomic E-state index is 0.123. The highest BCUT2D eigenvalue weighted by Gasteiger charge is 2.64. The lowest BCUT2D eigenvalue weighted by molar-refractivity contribution is -0.144. The first-order valence-corrected chi connectivity index (χ1v) is 6.44. The van der Waals surface area contributed by atoms with Gasteiger partial charge in [0.25, 0.3) is 0 Å². The number of ether oxygens (including phenoxy) is 1. The Hall–Kier alpha value is -0.530. The highest BCUT2D eigenvalue weighted by atomic mass is 16.6. The summed E-state index contributed by atoms with van der Waals surface area (Å²) in [6.07, 6.45) is 5.30. The topological polar surface area (TPSA) is 26.3 Å². The zero-order chi connectivity index (χ0) is 10.6. The Morgan fingerprint density at radius 1 is 1.40 bits per heavy atom. The van der Waals surface area contributed by atoms with E-state index in [-0.39, 0.29) is 18.0 Å². The van der Waals surface area contributed by atoms with Gasteiger partial charge >= 0.3 is 5.97 Å². The molecule has 0 aromatic heterocycles. The van der Waals surface area contributed by atoms with Gasteiger partial charge in [-0.05, 0) is 30.6 Å². The van der Waals surface area contributed by atoms with Gasteiger partial charge in [-0.1, -0.05) is 26.7 Å². The zero-order valence-electron chi connectivity index (χ0n) is 9.61. The van der Waals surface area contributed by atoms with Gasteiger partial charge in [0.2, 0.25) is 0 Å². The number of fused-ring (bicyclic) bond motifs is 1. The maximum absolute atomic E-state index is 11.8. The lowest BCUT2D eigenvalue weighted by atomic mass is 9.73. The fraction of sp³-hybridized carbons (Fsp3) is 0.923. The summed E-state index contributed by atoms with van der Waals surface area (Å²) in [5.74, 6) is 3.04. The van der Waals surface area contributed by atoms with Crippen LogP contribution in [0.4, 0.5) is 0 Å². The van der Waals surface area contributed by atoms with Gasteiger partial charge in [-0.2, -0.15) is 0 Å². The van der Waals surface area contributed by atoms with E-state index in [9.17, 15) is 4.79 Å². The number of hydrogen-bond donors (Lipinski definition) is 0. The standard InChI is InChI=1S/C13H20O2/c1-3-4-5-8-9-6-10-11(8)13(14)15-12(10)7(9)2/h7-12H,3-6H2,1-2H3/t7?,8?,9-,10?,11?,12?/m1/s1. The number of rotatable bonds is 3. The monoisotopic (exact) mass is 208 g/mol. The van der Waals surface area contributed by atoms with Crippen molar-refractivity contribution in [3.8, 4) is 0 Å². The second-order valence-electron chi connectivity index (χ2n) is 5.66. The van der Waals surface area contributed by atoms with Crippen LogP contribution in [0.2, 0.25) is 0 Å². The van der Waals surface area contributed by atoms with E-state index in [0.29, 0.717) is 17.8 Å². The zero-order valence-corrected chi connectivity index (χ0v) is 9.61. The lowest BCUT2D eigenvalue weighted by Crippen LogP contribution is -2.31. The molecule has 2 saturated carbocycles. The van der Waals surface area contributed by atoms with Gasteiger partial charge in [-0.25, -0.2) is 0 Å². The first-order chi connectivity index (χ1) is 7.24. The van der Waals surface area contributed by atoms with Crippen LogP contribution in [0.3, 0.4) is 0 Å². The number of unbranched alkanes of at least 4 members (excludes halogenated alkanes) is 1. The van der Waals surface area contributed by atoms with Crippen LogP contribution < -0.4 is 0 Å². The third-order valence-electron chi connectivity index (χ3n) is 5.05. The van der Waals surface area contributed by atoms with Crippen molar-refractivity contribution in [2.75, 3.05) is 0 Å². The second kappa shape index (κ2) is 3.23. The number of carbonyl (C=O) groups is 1. The van der Waals surface area contributed by atoms with Crippen LogP contribution in [-0.4, -0.2) is 12.1 Å². The van der Waals surface area contributed by atoms with Gasteiger partial charge in [0.05, 0.1) is 5.92 Å². The van der Waals surface area contributed by atoms with Crippen LogP contribution in [-0.2, 0) is 9.53 Å². The molecular weight excluding hydrogens is 188 g/mol. The van der Waals surface area contributed by atoms with Crippen molar-refractivity contribution >= 4 is 5.97 Å². The van der Waals surface area contributed by atoms with Gasteiger partial charge in [-0.15, -0.1) is 0 Å². The van der Waals surface area contributed by atoms with Crippen LogP contribution in [0, 0.1) is 29.6 Å². The molecule has 5 unspecified atom stereocenters. The molecule has 0 spiro atoms. The Balaban J connectivity index is 1.82. The second-order valence-corrected chi connectivity index (χ2v) is 5.66. The summed E-state index contributed by atoms with van der Waals surface area (Å²) >= 11 is 0. The van der Waals surface area contributed by atoms with Crippen molar-refractivity contribution in [1.29, 1.82) is 0 Å². The molecule has 0 aromatic rings. The molecule has 0 amide bonds. The van der Waals surface area contributed by atoms with Crippen LogP contribution in [0.1, 0.15) is 39.5 Å². The lowest BCUT2D eigenvalue weighted by Gasteiger charge is -2.29. The van der Waals surface area contributed by atoms with Crippen molar-refractivity contribution in [3.63, 3.8) is 0 Å². The van der Waals surface area contributed by atoms with Crippen LogP contribution >= 0.6 is 0 Å². The fourth-order valence-corrected chi connectivity index (χ4v) is 4.39. The molecule has 2 aliphatic carbocycles. The summed E-state index contributed by atoms with van der Waals surface area (Å²) in [6, 6.07) is 0. The van der Waals surface area contributed by atoms with Crippen molar-refractivity contribution < 1.29 is 9.53 Å². The van der Waals surface area contributed by atoms with Gasteiger partial charge in [0.1, 0.15) is 6.10 Å². The molecule has 0 aromatic carbocycles. The van der Waals surface area contributed by atoms with E-state index in [2.05, 4.69) is 13.8 Å².